The maximum Gasteiger partial charge on any atom is 0.135 e. The summed E-state index contributed by atoms with van der Waals surface area (Å²) in [4.78, 5) is 0. The molecule has 0 fully saturated rings. The van der Waals surface area contributed by atoms with E-state index in [4.69, 9.17) is 10.5 Å². The molecule has 2 N–H and O–H groups in total. The fourth-order valence-electron chi connectivity index (χ4n) is 2.32. The molecule has 1 heterocycles. The molecule has 0 aliphatic carbocycles. The lowest BCUT2D eigenvalue weighted by Crippen LogP contribution is -2.02. The standard InChI is InChI=1S/C17H17N3O/c1-12-7-9-13(10-8-12)20-17(18)15(11-19-20)14-5-3-4-6-16(14)21-2/h3-11H,18H2,1-2H3. The van der Waals surface area contributed by atoms with Crippen LogP contribution in [0.4, 0.5) is 5.82 Å². The van der Waals surface area contributed by atoms with E-state index in [0.717, 1.165) is 22.6 Å². The van der Waals surface area contributed by atoms with E-state index in [2.05, 4.69) is 12.0 Å². The van der Waals surface area contributed by atoms with E-state index in [9.17, 15) is 0 Å². The number of nitrogens with two attached hydrogens (primary N) is 1. The summed E-state index contributed by atoms with van der Waals surface area (Å²) in [5.74, 6) is 1.39. The summed E-state index contributed by atoms with van der Waals surface area (Å²) in [5, 5.41) is 4.40. The predicted molar refractivity (Wildman–Crippen MR) is 84.7 cm³/mol. The van der Waals surface area contributed by atoms with Crippen molar-refractivity contribution in [3.8, 4) is 22.6 Å². The number of aryl methyl sites for hydroxylation is 1. The van der Waals surface area contributed by atoms with Gasteiger partial charge in [0.1, 0.15) is 11.6 Å². The first-order chi connectivity index (χ1) is 10.2. The zero-order chi connectivity index (χ0) is 14.8. The minimum Gasteiger partial charge on any atom is -0.496 e. The van der Waals surface area contributed by atoms with Crippen LogP contribution in [0.2, 0.25) is 0 Å². The summed E-state index contributed by atoms with van der Waals surface area (Å²) in [6, 6.07) is 15.9. The molecule has 2 aromatic carbocycles. The number of methoxy groups -OCH3 is 1. The molecule has 0 spiro atoms. The second-order valence-corrected chi connectivity index (χ2v) is 4.89. The van der Waals surface area contributed by atoms with Crippen molar-refractivity contribution in [2.45, 2.75) is 6.92 Å². The fourth-order valence-corrected chi connectivity index (χ4v) is 2.32. The second-order valence-electron chi connectivity index (χ2n) is 4.89. The van der Waals surface area contributed by atoms with Crippen molar-refractivity contribution in [3.05, 3.63) is 60.3 Å². The molecule has 0 aliphatic rings. The Morgan fingerprint density at radius 1 is 1.00 bits per heavy atom. The Bertz CT molecular complexity index is 760. The van der Waals surface area contributed by atoms with Crippen LogP contribution in [0.3, 0.4) is 0 Å². The largest absolute Gasteiger partial charge is 0.496 e. The highest BCUT2D eigenvalue weighted by molar-refractivity contribution is 5.79. The maximum absolute atomic E-state index is 6.27. The molecule has 0 unspecified atom stereocenters. The SMILES string of the molecule is COc1ccccc1-c1cnn(-c2ccc(C)cc2)c1N. The van der Waals surface area contributed by atoms with Gasteiger partial charge in [-0.1, -0.05) is 35.9 Å². The molecule has 3 aromatic rings. The Balaban J connectivity index is 2.09. The van der Waals surface area contributed by atoms with E-state index in [0.29, 0.717) is 5.82 Å². The summed E-state index contributed by atoms with van der Waals surface area (Å²) < 4.78 is 7.13. The number of rotatable bonds is 3. The fraction of sp³-hybridized carbons (Fsp3) is 0.118. The van der Waals surface area contributed by atoms with Gasteiger partial charge in [0.2, 0.25) is 0 Å². The lowest BCUT2D eigenvalue weighted by Gasteiger charge is -2.08. The lowest BCUT2D eigenvalue weighted by atomic mass is 10.1. The van der Waals surface area contributed by atoms with Crippen LogP contribution in [0.1, 0.15) is 5.56 Å². The molecule has 0 amide bonds. The van der Waals surface area contributed by atoms with Crippen molar-refractivity contribution >= 4 is 5.82 Å². The van der Waals surface area contributed by atoms with Crippen molar-refractivity contribution in [3.63, 3.8) is 0 Å². The van der Waals surface area contributed by atoms with Crippen LogP contribution in [-0.4, -0.2) is 16.9 Å². The Morgan fingerprint density at radius 2 is 1.71 bits per heavy atom. The lowest BCUT2D eigenvalue weighted by molar-refractivity contribution is 0.416. The van der Waals surface area contributed by atoms with E-state index in [1.54, 1.807) is 18.0 Å². The number of hydrogen-bond donors (Lipinski definition) is 1. The molecule has 1 aromatic heterocycles. The minimum atomic E-state index is 0.600. The third-order valence-electron chi connectivity index (χ3n) is 3.48. The first-order valence-electron chi connectivity index (χ1n) is 6.74. The molecular formula is C17H17N3O. The number of hydrogen-bond acceptors (Lipinski definition) is 3. The summed E-state index contributed by atoms with van der Waals surface area (Å²) >= 11 is 0. The molecule has 0 radical (unpaired) electrons. The van der Waals surface area contributed by atoms with Crippen LogP contribution in [-0.2, 0) is 0 Å². The minimum absolute atomic E-state index is 0.600. The number of benzene rings is 2. The highest BCUT2D eigenvalue weighted by Gasteiger charge is 2.14. The molecule has 0 saturated carbocycles. The normalized spacial score (nSPS) is 10.6. The smallest absolute Gasteiger partial charge is 0.135 e. The summed E-state index contributed by atoms with van der Waals surface area (Å²) in [5.41, 5.74) is 10.2. The molecular weight excluding hydrogens is 262 g/mol. The van der Waals surface area contributed by atoms with Crippen LogP contribution < -0.4 is 10.5 Å². The van der Waals surface area contributed by atoms with Crippen molar-refractivity contribution < 1.29 is 4.74 Å². The average molecular weight is 279 g/mol. The zero-order valence-corrected chi connectivity index (χ0v) is 12.1. The van der Waals surface area contributed by atoms with Crippen LogP contribution in [0, 0.1) is 6.92 Å². The molecule has 21 heavy (non-hydrogen) atoms. The Hall–Kier alpha value is -2.75. The van der Waals surface area contributed by atoms with Gasteiger partial charge in [-0.05, 0) is 25.1 Å². The summed E-state index contributed by atoms with van der Waals surface area (Å²) in [6.07, 6.45) is 1.77. The van der Waals surface area contributed by atoms with Gasteiger partial charge in [-0.2, -0.15) is 5.10 Å². The molecule has 0 saturated heterocycles. The van der Waals surface area contributed by atoms with Crippen molar-refractivity contribution in [2.75, 3.05) is 12.8 Å². The quantitative estimate of drug-likeness (QED) is 0.799. The monoisotopic (exact) mass is 279 g/mol. The number of para-hydroxylation sites is 1. The average Bonchev–Trinajstić information content (AvgIpc) is 2.89. The van der Waals surface area contributed by atoms with Gasteiger partial charge in [0.15, 0.2) is 0 Å². The van der Waals surface area contributed by atoms with Crippen LogP contribution in [0.25, 0.3) is 16.8 Å². The maximum atomic E-state index is 6.27. The first-order valence-corrected chi connectivity index (χ1v) is 6.74. The van der Waals surface area contributed by atoms with Gasteiger partial charge in [0.05, 0.1) is 19.0 Å². The Labute approximate surface area is 123 Å². The molecule has 3 rings (SSSR count). The second kappa shape index (κ2) is 5.32. The summed E-state index contributed by atoms with van der Waals surface area (Å²) in [7, 11) is 1.65. The molecule has 4 nitrogen and oxygen atoms in total. The number of nitrogen functional groups attached to an aromatic ring is 1. The van der Waals surface area contributed by atoms with Crippen LogP contribution in [0.5, 0.6) is 5.75 Å². The van der Waals surface area contributed by atoms with Gasteiger partial charge in [0.25, 0.3) is 0 Å². The summed E-state index contributed by atoms with van der Waals surface area (Å²) in [6.45, 7) is 2.05. The van der Waals surface area contributed by atoms with Gasteiger partial charge >= 0.3 is 0 Å². The van der Waals surface area contributed by atoms with Crippen molar-refractivity contribution in [1.29, 1.82) is 0 Å². The Morgan fingerprint density at radius 3 is 2.43 bits per heavy atom. The molecule has 0 atom stereocenters. The van der Waals surface area contributed by atoms with E-state index in [1.165, 1.54) is 5.56 Å². The molecule has 106 valence electrons. The third-order valence-corrected chi connectivity index (χ3v) is 3.48. The van der Waals surface area contributed by atoms with Crippen LogP contribution >= 0.6 is 0 Å². The van der Waals surface area contributed by atoms with Crippen molar-refractivity contribution in [2.24, 2.45) is 0 Å². The molecule has 0 aliphatic heterocycles. The highest BCUT2D eigenvalue weighted by atomic mass is 16.5. The van der Waals surface area contributed by atoms with Crippen molar-refractivity contribution in [1.82, 2.24) is 9.78 Å². The van der Waals surface area contributed by atoms with Gasteiger partial charge in [-0.15, -0.1) is 0 Å². The topological polar surface area (TPSA) is 53.1 Å². The number of anilines is 1. The van der Waals surface area contributed by atoms with E-state index < -0.39 is 0 Å². The highest BCUT2D eigenvalue weighted by Crippen LogP contribution is 2.34. The van der Waals surface area contributed by atoms with E-state index >= 15 is 0 Å². The van der Waals surface area contributed by atoms with Gasteiger partial charge < -0.3 is 10.5 Å². The van der Waals surface area contributed by atoms with Gasteiger partial charge in [-0.3, -0.25) is 0 Å². The molecule has 4 heteroatoms. The number of ether oxygens (including phenoxy) is 1. The third kappa shape index (κ3) is 2.36. The Kier molecular flexibility index (Phi) is 3.36. The van der Waals surface area contributed by atoms with E-state index in [1.807, 2.05) is 48.5 Å². The van der Waals surface area contributed by atoms with E-state index in [-0.39, 0.29) is 0 Å². The zero-order valence-electron chi connectivity index (χ0n) is 12.1. The van der Waals surface area contributed by atoms with Gasteiger partial charge in [0, 0.05) is 11.1 Å². The molecule has 0 bridgehead atoms. The number of nitrogens with zero attached hydrogens (tertiary/aromatic N) is 2. The number of aromatic nitrogens is 2. The predicted octanol–water partition coefficient (Wildman–Crippen LogP) is 3.44. The van der Waals surface area contributed by atoms with Crippen LogP contribution in [0.15, 0.2) is 54.7 Å². The first kappa shape index (κ1) is 13.2. The van der Waals surface area contributed by atoms with Gasteiger partial charge in [-0.25, -0.2) is 4.68 Å².